The molecule has 1 N–H and O–H groups in total. The van der Waals surface area contributed by atoms with Crippen molar-refractivity contribution in [1.82, 2.24) is 10.3 Å². The van der Waals surface area contributed by atoms with Gasteiger partial charge in [-0.2, -0.15) is 24.5 Å². The zero-order valence-electron chi connectivity index (χ0n) is 10.2. The third kappa shape index (κ3) is 3.55. The number of nitrogens with zero attached hydrogens (tertiary/aromatic N) is 1. The summed E-state index contributed by atoms with van der Waals surface area (Å²) in [5.74, 6) is 0. The molecular weight excluding hydrogens is 293 g/mol. The second-order valence-corrected chi connectivity index (χ2v) is 5.85. The quantitative estimate of drug-likeness (QED) is 0.890. The van der Waals surface area contributed by atoms with Crippen molar-refractivity contribution in [1.29, 1.82) is 0 Å². The van der Waals surface area contributed by atoms with E-state index in [9.17, 15) is 13.2 Å². The van der Waals surface area contributed by atoms with Crippen molar-refractivity contribution in [2.75, 3.05) is 6.54 Å². The maximum Gasteiger partial charge on any atom is 0.443 e. The van der Waals surface area contributed by atoms with Gasteiger partial charge in [0, 0.05) is 11.1 Å². The summed E-state index contributed by atoms with van der Waals surface area (Å²) in [6, 6.07) is 1.71. The average molecular weight is 306 g/mol. The zero-order chi connectivity index (χ0) is 13.9. The van der Waals surface area contributed by atoms with E-state index in [-0.39, 0.29) is 6.04 Å². The summed E-state index contributed by atoms with van der Waals surface area (Å²) < 4.78 is 37.8. The fourth-order valence-corrected chi connectivity index (χ4v) is 3.23. The monoisotopic (exact) mass is 306 g/mol. The highest BCUT2D eigenvalue weighted by Crippen LogP contribution is 2.36. The van der Waals surface area contributed by atoms with E-state index < -0.39 is 11.2 Å². The van der Waals surface area contributed by atoms with Crippen molar-refractivity contribution in [3.05, 3.63) is 38.5 Å². The topological polar surface area (TPSA) is 24.9 Å². The molecule has 0 saturated heterocycles. The summed E-state index contributed by atoms with van der Waals surface area (Å²) in [5.41, 5.74) is 0.982. The maximum atomic E-state index is 12.6. The summed E-state index contributed by atoms with van der Waals surface area (Å²) in [5, 5.41) is 6.33. The lowest BCUT2D eigenvalue weighted by atomic mass is 10.1. The van der Waals surface area contributed by atoms with Gasteiger partial charge in [0.1, 0.15) is 0 Å². The van der Waals surface area contributed by atoms with Crippen LogP contribution in [0.25, 0.3) is 0 Å². The number of halogens is 3. The highest BCUT2D eigenvalue weighted by atomic mass is 32.1. The van der Waals surface area contributed by atoms with Gasteiger partial charge in [-0.25, -0.2) is 4.98 Å². The second-order valence-electron chi connectivity index (χ2n) is 4.01. The van der Waals surface area contributed by atoms with Crippen molar-refractivity contribution in [2.24, 2.45) is 0 Å². The Morgan fingerprint density at radius 3 is 2.74 bits per heavy atom. The summed E-state index contributed by atoms with van der Waals surface area (Å²) in [4.78, 5) is 4.08. The van der Waals surface area contributed by atoms with E-state index in [4.69, 9.17) is 0 Å². The molecule has 2 heterocycles. The van der Waals surface area contributed by atoms with Crippen LogP contribution in [-0.2, 0) is 6.18 Å². The molecule has 0 radical (unpaired) electrons. The van der Waals surface area contributed by atoms with Crippen LogP contribution in [0.15, 0.2) is 23.0 Å². The molecule has 2 aromatic heterocycles. The van der Waals surface area contributed by atoms with E-state index in [1.165, 1.54) is 17.5 Å². The number of aromatic nitrogens is 1. The summed E-state index contributed by atoms with van der Waals surface area (Å²) in [7, 11) is 0. The molecule has 0 aromatic carbocycles. The number of alkyl halides is 3. The minimum atomic E-state index is -4.37. The molecule has 0 aliphatic rings. The molecular formula is C12H13F3N2S2. The zero-order valence-corrected chi connectivity index (χ0v) is 11.8. The summed E-state index contributed by atoms with van der Waals surface area (Å²) in [6.07, 6.45) is -2.13. The van der Waals surface area contributed by atoms with Gasteiger partial charge in [0.2, 0.25) is 0 Å². The van der Waals surface area contributed by atoms with Crippen LogP contribution in [-0.4, -0.2) is 11.5 Å². The van der Waals surface area contributed by atoms with Gasteiger partial charge in [-0.1, -0.05) is 6.92 Å². The number of rotatable bonds is 5. The molecule has 0 bridgehead atoms. The number of thiophene rings is 1. The van der Waals surface area contributed by atoms with Gasteiger partial charge in [-0.05, 0) is 35.4 Å². The number of nitrogens with one attached hydrogen (secondary N) is 1. The second kappa shape index (κ2) is 6.02. The first-order valence-electron chi connectivity index (χ1n) is 5.80. The fraction of sp³-hybridized carbons (Fsp3) is 0.417. The minimum Gasteiger partial charge on any atom is -0.306 e. The Kier molecular flexibility index (Phi) is 4.59. The van der Waals surface area contributed by atoms with Gasteiger partial charge >= 0.3 is 6.18 Å². The number of hydrogen-bond donors (Lipinski definition) is 1. The molecule has 104 valence electrons. The molecule has 2 rings (SSSR count). The van der Waals surface area contributed by atoms with Crippen molar-refractivity contribution in [3.8, 4) is 0 Å². The fourth-order valence-electron chi connectivity index (χ4n) is 1.66. The molecule has 0 amide bonds. The van der Waals surface area contributed by atoms with Crippen molar-refractivity contribution in [3.63, 3.8) is 0 Å². The van der Waals surface area contributed by atoms with Gasteiger partial charge in [0.15, 0.2) is 5.01 Å². The van der Waals surface area contributed by atoms with E-state index >= 15 is 0 Å². The molecule has 7 heteroatoms. The van der Waals surface area contributed by atoms with Crippen LogP contribution < -0.4 is 5.32 Å². The minimum absolute atomic E-state index is 0.209. The van der Waals surface area contributed by atoms with Crippen LogP contribution in [0, 0.1) is 0 Å². The van der Waals surface area contributed by atoms with Crippen molar-refractivity contribution >= 4 is 22.7 Å². The third-order valence-electron chi connectivity index (χ3n) is 2.53. The lowest BCUT2D eigenvalue weighted by molar-refractivity contribution is -0.137. The van der Waals surface area contributed by atoms with Crippen molar-refractivity contribution in [2.45, 2.75) is 25.6 Å². The number of thiazole rings is 1. The van der Waals surface area contributed by atoms with Crippen LogP contribution in [0.3, 0.4) is 0 Å². The smallest absolute Gasteiger partial charge is 0.306 e. The summed E-state index contributed by atoms with van der Waals surface area (Å²) in [6.45, 7) is 2.77. The van der Waals surface area contributed by atoms with Gasteiger partial charge in [-0.15, -0.1) is 11.3 Å². The SMILES string of the molecule is CCCNC(c1ccsc1)c1cnc(C(F)(F)F)s1. The standard InChI is InChI=1S/C12H13F3N2S2/c1-2-4-16-10(8-3-5-18-7-8)9-6-17-11(19-9)12(13,14)15/h3,5-7,10,16H,2,4H2,1H3. The Labute approximate surface area is 117 Å². The molecule has 0 spiro atoms. The first-order valence-corrected chi connectivity index (χ1v) is 7.56. The predicted octanol–water partition coefficient (Wildman–Crippen LogP) is 4.31. The maximum absolute atomic E-state index is 12.6. The van der Waals surface area contributed by atoms with Crippen LogP contribution in [0.4, 0.5) is 13.2 Å². The Bertz CT molecular complexity index is 505. The molecule has 0 saturated carbocycles. The molecule has 1 atom stereocenters. The van der Waals surface area contributed by atoms with Crippen LogP contribution in [0.2, 0.25) is 0 Å². The normalized spacial score (nSPS) is 13.7. The van der Waals surface area contributed by atoms with E-state index in [0.717, 1.165) is 18.5 Å². The Morgan fingerprint density at radius 2 is 2.21 bits per heavy atom. The third-order valence-corrected chi connectivity index (χ3v) is 4.33. The number of hydrogen-bond acceptors (Lipinski definition) is 4. The van der Waals surface area contributed by atoms with Gasteiger partial charge in [-0.3, -0.25) is 0 Å². The highest BCUT2D eigenvalue weighted by Gasteiger charge is 2.35. The highest BCUT2D eigenvalue weighted by molar-refractivity contribution is 7.11. The molecule has 2 nitrogen and oxygen atoms in total. The molecule has 0 aliphatic heterocycles. The van der Waals surface area contributed by atoms with E-state index in [1.54, 1.807) is 0 Å². The summed E-state index contributed by atoms with van der Waals surface area (Å²) >= 11 is 2.23. The molecule has 0 fully saturated rings. The first kappa shape index (κ1) is 14.5. The van der Waals surface area contributed by atoms with E-state index in [1.807, 2.05) is 23.8 Å². The van der Waals surface area contributed by atoms with Crippen molar-refractivity contribution < 1.29 is 13.2 Å². The average Bonchev–Trinajstić information content (AvgIpc) is 2.99. The molecule has 2 aromatic rings. The largest absolute Gasteiger partial charge is 0.443 e. The Morgan fingerprint density at radius 1 is 1.42 bits per heavy atom. The van der Waals surface area contributed by atoms with Gasteiger partial charge in [0.05, 0.1) is 6.04 Å². The molecule has 19 heavy (non-hydrogen) atoms. The van der Waals surface area contributed by atoms with Crippen LogP contribution in [0.1, 0.15) is 34.8 Å². The van der Waals surface area contributed by atoms with E-state index in [2.05, 4.69) is 10.3 Å². The Balaban J connectivity index is 2.26. The predicted molar refractivity (Wildman–Crippen MR) is 71.6 cm³/mol. The lowest BCUT2D eigenvalue weighted by Gasteiger charge is -2.15. The van der Waals surface area contributed by atoms with E-state index in [0.29, 0.717) is 16.2 Å². The van der Waals surface area contributed by atoms with Crippen LogP contribution >= 0.6 is 22.7 Å². The molecule has 0 aliphatic carbocycles. The first-order chi connectivity index (χ1) is 9.02. The Hall–Kier alpha value is -0.920. The lowest BCUT2D eigenvalue weighted by Crippen LogP contribution is -2.21. The van der Waals surface area contributed by atoms with Gasteiger partial charge < -0.3 is 5.32 Å². The molecule has 1 unspecified atom stereocenters. The van der Waals surface area contributed by atoms with Gasteiger partial charge in [0.25, 0.3) is 0 Å². The van der Waals surface area contributed by atoms with Crippen LogP contribution in [0.5, 0.6) is 0 Å².